The van der Waals surface area contributed by atoms with Crippen LogP contribution >= 0.6 is 11.6 Å². The van der Waals surface area contributed by atoms with E-state index in [2.05, 4.69) is 16.0 Å². The Morgan fingerprint density at radius 3 is 2.37 bits per heavy atom. The Morgan fingerprint density at radius 1 is 1.14 bits per heavy atom. The summed E-state index contributed by atoms with van der Waals surface area (Å²) in [4.78, 5) is 59.9. The second-order valence-corrected chi connectivity index (χ2v) is 9.91. The minimum absolute atomic E-state index is 0.110. The van der Waals surface area contributed by atoms with Gasteiger partial charge in [0, 0.05) is 28.4 Å². The van der Waals surface area contributed by atoms with Crippen LogP contribution in [0, 0.1) is 0 Å². The number of hydrogen-bond donors (Lipinski definition) is 6. The highest BCUT2D eigenvalue weighted by atomic mass is 35.5. The average molecular weight is 630 g/mol. The molecule has 2 heterocycles. The first kappa shape index (κ1) is 32.9. The van der Waals surface area contributed by atoms with Gasteiger partial charge in [0.15, 0.2) is 5.60 Å². The molecule has 1 saturated heterocycles. The second kappa shape index (κ2) is 13.6. The van der Waals surface area contributed by atoms with E-state index in [0.29, 0.717) is 41.3 Å². The van der Waals surface area contributed by atoms with Crippen molar-refractivity contribution in [3.8, 4) is 0 Å². The zero-order valence-corrected chi connectivity index (χ0v) is 23.0. The lowest BCUT2D eigenvalue weighted by molar-refractivity contribution is -0.192. The molecule has 0 aromatic heterocycles. The first-order valence-electron chi connectivity index (χ1n) is 12.6. The van der Waals surface area contributed by atoms with Gasteiger partial charge in [-0.15, -0.1) is 0 Å². The highest BCUT2D eigenvalue weighted by Gasteiger charge is 2.47. The maximum Gasteiger partial charge on any atom is 0.490 e. The van der Waals surface area contributed by atoms with E-state index in [0.717, 1.165) is 0 Å². The van der Waals surface area contributed by atoms with E-state index in [1.54, 1.807) is 23.1 Å². The molecule has 1 fully saturated rings. The number of ether oxygens (including phenoxy) is 1. The summed E-state index contributed by atoms with van der Waals surface area (Å²) in [5.74, 6) is -3.59. The lowest BCUT2D eigenvalue weighted by Crippen LogP contribution is -2.57. The Labute approximate surface area is 247 Å². The molecule has 2 aromatic carbocycles. The fourth-order valence-electron chi connectivity index (χ4n) is 4.60. The van der Waals surface area contributed by atoms with Gasteiger partial charge in [-0.1, -0.05) is 11.6 Å². The van der Waals surface area contributed by atoms with Crippen molar-refractivity contribution in [2.75, 3.05) is 30.3 Å². The molecule has 0 unspecified atom stereocenters. The molecule has 4 rings (SSSR count). The highest BCUT2D eigenvalue weighted by molar-refractivity contribution is 6.30. The van der Waals surface area contributed by atoms with Gasteiger partial charge in [-0.3, -0.25) is 20.2 Å². The topological polar surface area (TPSA) is 200 Å². The number of carboxylic acids is 1. The molecular formula is C26H27ClF3N5O8. The molecule has 7 N–H and O–H groups in total. The summed E-state index contributed by atoms with van der Waals surface area (Å²) >= 11 is 6.21. The summed E-state index contributed by atoms with van der Waals surface area (Å²) in [6.45, 7) is 0.696. The van der Waals surface area contributed by atoms with Gasteiger partial charge in [-0.25, -0.2) is 14.4 Å². The summed E-state index contributed by atoms with van der Waals surface area (Å²) in [5.41, 5.74) is 6.52. The zero-order chi connectivity index (χ0) is 31.9. The minimum Gasteiger partial charge on any atom is -0.475 e. The van der Waals surface area contributed by atoms with Crippen LogP contribution in [0.4, 0.5) is 34.1 Å². The lowest BCUT2D eigenvalue weighted by atomic mass is 9.83. The Bertz CT molecular complexity index is 1390. The molecule has 17 heteroatoms. The quantitative estimate of drug-likeness (QED) is 0.276. The predicted octanol–water partition coefficient (Wildman–Crippen LogP) is 3.59. The third-order valence-corrected chi connectivity index (χ3v) is 6.70. The van der Waals surface area contributed by atoms with Gasteiger partial charge < -0.3 is 30.9 Å². The number of alkyl halides is 3. The number of hydrogen-bond acceptors (Lipinski definition) is 7. The summed E-state index contributed by atoms with van der Waals surface area (Å²) < 4.78 is 37.5. The van der Waals surface area contributed by atoms with Gasteiger partial charge in [-0.05, 0) is 68.3 Å². The van der Waals surface area contributed by atoms with Gasteiger partial charge in [0.1, 0.15) is 6.04 Å². The molecule has 0 bridgehead atoms. The molecule has 43 heavy (non-hydrogen) atoms. The number of anilines is 2. The van der Waals surface area contributed by atoms with Crippen LogP contribution in [0.15, 0.2) is 42.5 Å². The third-order valence-electron chi connectivity index (χ3n) is 6.46. The van der Waals surface area contributed by atoms with Crippen LogP contribution in [0.3, 0.4) is 0 Å². The molecule has 2 atom stereocenters. The number of nitrogens with two attached hydrogens (primary N) is 1. The number of carbonyl (C=O) groups is 5. The van der Waals surface area contributed by atoms with Gasteiger partial charge in [0.25, 0.3) is 5.91 Å². The number of rotatable bonds is 6. The molecule has 4 amide bonds. The van der Waals surface area contributed by atoms with Crippen molar-refractivity contribution in [3.63, 3.8) is 0 Å². The number of nitrogens with one attached hydrogen (secondary N) is 3. The Kier molecular flexibility index (Phi) is 10.4. The van der Waals surface area contributed by atoms with Crippen LogP contribution in [0.25, 0.3) is 0 Å². The smallest absolute Gasteiger partial charge is 0.475 e. The van der Waals surface area contributed by atoms with E-state index in [-0.39, 0.29) is 31.0 Å². The van der Waals surface area contributed by atoms with Crippen LogP contribution in [0.5, 0.6) is 0 Å². The van der Waals surface area contributed by atoms with Crippen molar-refractivity contribution in [1.29, 1.82) is 0 Å². The Balaban J connectivity index is 0.000000646. The molecule has 13 nitrogen and oxygen atoms in total. The van der Waals surface area contributed by atoms with E-state index in [4.69, 9.17) is 37.1 Å². The number of amides is 4. The van der Waals surface area contributed by atoms with Crippen LogP contribution in [0.2, 0.25) is 5.02 Å². The van der Waals surface area contributed by atoms with Crippen LogP contribution in [0.1, 0.15) is 35.2 Å². The van der Waals surface area contributed by atoms with E-state index < -0.39 is 41.9 Å². The normalized spacial score (nSPS) is 18.2. The number of aliphatic carboxylic acids is 1. The highest BCUT2D eigenvalue weighted by Crippen LogP contribution is 2.43. The number of carboxylic acid groups (broad SMARTS) is 2. The van der Waals surface area contributed by atoms with E-state index in [1.165, 1.54) is 24.3 Å². The molecule has 0 radical (unpaired) electrons. The molecule has 232 valence electrons. The number of piperidine rings is 1. The number of nitrogens with zero attached hydrogens (tertiary/aromatic N) is 1. The maximum atomic E-state index is 13.5. The molecule has 0 aliphatic carbocycles. The third kappa shape index (κ3) is 8.48. The summed E-state index contributed by atoms with van der Waals surface area (Å²) in [7, 11) is 0. The molecule has 2 aliphatic rings. The summed E-state index contributed by atoms with van der Waals surface area (Å²) in [5, 5.41) is 24.0. The molecular weight excluding hydrogens is 603 g/mol. The molecule has 2 aromatic rings. The van der Waals surface area contributed by atoms with Crippen molar-refractivity contribution in [3.05, 3.63) is 58.6 Å². The second-order valence-electron chi connectivity index (χ2n) is 9.48. The number of carbonyl (C=O) groups excluding carboxylic acids is 3. The average Bonchev–Trinajstić information content (AvgIpc) is 2.93. The van der Waals surface area contributed by atoms with Crippen molar-refractivity contribution in [2.24, 2.45) is 5.73 Å². The number of halogens is 4. The van der Waals surface area contributed by atoms with E-state index in [9.17, 15) is 32.3 Å². The summed E-state index contributed by atoms with van der Waals surface area (Å²) in [6, 6.07) is 10.0. The predicted molar refractivity (Wildman–Crippen MR) is 146 cm³/mol. The molecule has 2 aliphatic heterocycles. The zero-order valence-electron chi connectivity index (χ0n) is 22.2. The fourth-order valence-corrected chi connectivity index (χ4v) is 4.77. The Morgan fingerprint density at radius 2 is 1.79 bits per heavy atom. The standard InChI is InChI=1S/C24H26ClN5O6.C2HF3O2/c25-15-4-7-18-17(12-15)24(36-23(35)29-18)9-1-11-30(13-24)21(32)19(8-10-26)28-20(31)14-2-5-16(6-3-14)27-22(33)34;3-2(4,5)1(6)7/h2-7,12,19,27H,1,8-11,13,26H2,(H,28,31)(H,29,35)(H,33,34);(H,6,7)/t19-,24-;/m0./s1. The van der Waals surface area contributed by atoms with Gasteiger partial charge >= 0.3 is 24.3 Å². The molecule has 0 saturated carbocycles. The Hall–Kier alpha value is -4.57. The van der Waals surface area contributed by atoms with Gasteiger partial charge in [0.2, 0.25) is 5.91 Å². The van der Waals surface area contributed by atoms with Crippen LogP contribution < -0.4 is 21.7 Å². The lowest BCUT2D eigenvalue weighted by Gasteiger charge is -2.45. The monoisotopic (exact) mass is 629 g/mol. The van der Waals surface area contributed by atoms with Crippen molar-refractivity contribution < 1.29 is 52.1 Å². The van der Waals surface area contributed by atoms with Crippen molar-refractivity contribution >= 4 is 52.9 Å². The van der Waals surface area contributed by atoms with Crippen LogP contribution in [-0.4, -0.2) is 76.9 Å². The SMILES string of the molecule is NCC[C@H](NC(=O)c1ccc(NC(=O)O)cc1)C(=O)N1CCC[C@@]2(C1)OC(=O)Nc1ccc(Cl)cc12.O=C(O)C(F)(F)F. The largest absolute Gasteiger partial charge is 0.490 e. The number of benzene rings is 2. The van der Waals surface area contributed by atoms with Crippen molar-refractivity contribution in [2.45, 2.75) is 37.1 Å². The first-order valence-corrected chi connectivity index (χ1v) is 13.0. The minimum atomic E-state index is -5.08. The van der Waals surface area contributed by atoms with E-state index >= 15 is 0 Å². The van der Waals surface area contributed by atoms with Crippen LogP contribution in [-0.2, 0) is 19.9 Å². The number of likely N-dealkylation sites (tertiary alicyclic amines) is 1. The fraction of sp³-hybridized carbons (Fsp3) is 0.346. The van der Waals surface area contributed by atoms with E-state index in [1.807, 2.05) is 0 Å². The van der Waals surface area contributed by atoms with Gasteiger partial charge in [-0.2, -0.15) is 13.2 Å². The summed E-state index contributed by atoms with van der Waals surface area (Å²) in [6.07, 6.45) is -5.61. The number of fused-ring (bicyclic) bond motifs is 2. The molecule has 1 spiro atoms. The van der Waals surface area contributed by atoms with Gasteiger partial charge in [0.05, 0.1) is 12.2 Å². The first-order chi connectivity index (χ1) is 20.1. The maximum absolute atomic E-state index is 13.5. The van der Waals surface area contributed by atoms with Crippen molar-refractivity contribution in [1.82, 2.24) is 10.2 Å².